The summed E-state index contributed by atoms with van der Waals surface area (Å²) in [5.41, 5.74) is 8.57. The lowest BCUT2D eigenvalue weighted by Crippen LogP contribution is -2.49. The van der Waals surface area contributed by atoms with Crippen molar-refractivity contribution in [3.8, 4) is 0 Å². The van der Waals surface area contributed by atoms with E-state index in [4.69, 9.17) is 10.5 Å². The number of amides is 1. The Balaban J connectivity index is 1.36. The number of nitrogen functional groups attached to an aromatic ring is 1. The average molecular weight is 425 g/mol. The fourth-order valence-corrected chi connectivity index (χ4v) is 4.49. The highest BCUT2D eigenvalue weighted by Gasteiger charge is 2.27. The van der Waals surface area contributed by atoms with Crippen molar-refractivity contribution in [2.75, 3.05) is 61.4 Å². The fraction of sp³-hybridized carbons (Fsp3) is 0.522. The van der Waals surface area contributed by atoms with Crippen LogP contribution in [-0.2, 0) is 11.2 Å². The second-order valence-electron chi connectivity index (χ2n) is 8.23. The Morgan fingerprint density at radius 1 is 1.00 bits per heavy atom. The Morgan fingerprint density at radius 2 is 1.61 bits per heavy atom. The monoisotopic (exact) mass is 424 g/mol. The molecule has 4 rings (SSSR count). The Hall–Kier alpha value is -3.03. The highest BCUT2D eigenvalue weighted by molar-refractivity contribution is 5.76. The topological polar surface area (TPSA) is 87.8 Å². The number of anilines is 3. The van der Waals surface area contributed by atoms with Crippen LogP contribution in [0.1, 0.15) is 25.3 Å². The molecule has 1 aromatic carbocycles. The molecule has 1 amide bonds. The molecule has 2 fully saturated rings. The van der Waals surface area contributed by atoms with Crippen LogP contribution >= 0.6 is 0 Å². The first-order valence-electron chi connectivity index (χ1n) is 11.2. The molecule has 2 aromatic rings. The molecule has 2 N–H and O–H groups in total. The Kier molecular flexibility index (Phi) is 6.74. The van der Waals surface area contributed by atoms with E-state index in [1.807, 2.05) is 6.92 Å². The third kappa shape index (κ3) is 5.00. The van der Waals surface area contributed by atoms with Gasteiger partial charge in [0, 0.05) is 39.3 Å². The van der Waals surface area contributed by atoms with Crippen molar-refractivity contribution in [3.63, 3.8) is 0 Å². The summed E-state index contributed by atoms with van der Waals surface area (Å²) >= 11 is 0. The number of carbonyl (C=O) groups excluding carboxylic acids is 1. The van der Waals surface area contributed by atoms with Crippen LogP contribution in [0.3, 0.4) is 0 Å². The van der Waals surface area contributed by atoms with Crippen LogP contribution in [0.2, 0.25) is 0 Å². The average Bonchev–Trinajstić information content (AvgIpc) is 2.81. The lowest BCUT2D eigenvalue weighted by Gasteiger charge is -2.37. The van der Waals surface area contributed by atoms with Gasteiger partial charge in [0.25, 0.3) is 0 Å². The normalized spacial score (nSPS) is 17.6. The van der Waals surface area contributed by atoms with E-state index in [0.29, 0.717) is 44.4 Å². The Morgan fingerprint density at radius 3 is 2.23 bits per heavy atom. The molecule has 8 heteroatoms. The summed E-state index contributed by atoms with van der Waals surface area (Å²) in [7, 11) is 0. The van der Waals surface area contributed by atoms with E-state index in [0.717, 1.165) is 44.0 Å². The van der Waals surface area contributed by atoms with Crippen molar-refractivity contribution in [2.45, 2.75) is 26.2 Å². The largest absolute Gasteiger partial charge is 0.450 e. The molecule has 8 nitrogen and oxygen atoms in total. The van der Waals surface area contributed by atoms with Gasteiger partial charge in [-0.1, -0.05) is 30.3 Å². The maximum absolute atomic E-state index is 11.9. The zero-order valence-corrected chi connectivity index (χ0v) is 18.2. The predicted molar refractivity (Wildman–Crippen MR) is 122 cm³/mol. The second kappa shape index (κ2) is 9.85. The Labute approximate surface area is 184 Å². The van der Waals surface area contributed by atoms with Gasteiger partial charge in [-0.3, -0.25) is 0 Å². The second-order valence-corrected chi connectivity index (χ2v) is 8.23. The van der Waals surface area contributed by atoms with Gasteiger partial charge in [0.05, 0.1) is 6.61 Å². The lowest BCUT2D eigenvalue weighted by atomic mass is 9.90. The molecule has 0 spiro atoms. The standard InChI is InChI=1S/C23H32N6O2/c1-2-31-23(30)29-14-12-28(13-15-29)22-20(24)21(25-17-26-22)27-10-8-19(9-11-27)16-18-6-4-3-5-7-18/h3-7,17,19H,2,8-16,24H2,1H3. The van der Waals surface area contributed by atoms with Gasteiger partial charge < -0.3 is 25.2 Å². The number of rotatable bonds is 5. The summed E-state index contributed by atoms with van der Waals surface area (Å²) in [5, 5.41) is 0. The molecule has 166 valence electrons. The predicted octanol–water partition coefficient (Wildman–Crippen LogP) is 2.80. The van der Waals surface area contributed by atoms with Crippen LogP contribution in [0.4, 0.5) is 22.1 Å². The van der Waals surface area contributed by atoms with Crippen molar-refractivity contribution >= 4 is 23.4 Å². The SMILES string of the molecule is CCOC(=O)N1CCN(c2ncnc(N3CCC(Cc4ccccc4)CC3)c2N)CC1. The van der Waals surface area contributed by atoms with Gasteiger partial charge in [-0.2, -0.15) is 0 Å². The smallest absolute Gasteiger partial charge is 0.409 e. The van der Waals surface area contributed by atoms with Crippen LogP contribution in [0.5, 0.6) is 0 Å². The number of aromatic nitrogens is 2. The number of carbonyl (C=O) groups is 1. The molecule has 2 aliphatic rings. The summed E-state index contributed by atoms with van der Waals surface area (Å²) in [6, 6.07) is 10.7. The highest BCUT2D eigenvalue weighted by atomic mass is 16.6. The molecule has 0 aliphatic carbocycles. The van der Waals surface area contributed by atoms with Crippen molar-refractivity contribution in [3.05, 3.63) is 42.2 Å². The number of nitrogens with zero attached hydrogens (tertiary/aromatic N) is 5. The summed E-state index contributed by atoms with van der Waals surface area (Å²) < 4.78 is 5.10. The fourth-order valence-electron chi connectivity index (χ4n) is 4.49. The van der Waals surface area contributed by atoms with Gasteiger partial charge in [0.1, 0.15) is 12.0 Å². The number of nitrogens with two attached hydrogens (primary N) is 1. The quantitative estimate of drug-likeness (QED) is 0.790. The maximum atomic E-state index is 11.9. The molecular formula is C23H32N6O2. The van der Waals surface area contributed by atoms with Crippen molar-refractivity contribution in [1.29, 1.82) is 0 Å². The highest BCUT2D eigenvalue weighted by Crippen LogP contribution is 2.32. The van der Waals surface area contributed by atoms with Crippen LogP contribution in [0.25, 0.3) is 0 Å². The zero-order chi connectivity index (χ0) is 21.6. The molecule has 0 atom stereocenters. The third-order valence-electron chi connectivity index (χ3n) is 6.23. The molecular weight excluding hydrogens is 392 g/mol. The summed E-state index contributed by atoms with van der Waals surface area (Å²) in [6.07, 6.45) is 4.74. The maximum Gasteiger partial charge on any atom is 0.409 e. The van der Waals surface area contributed by atoms with Crippen molar-refractivity contribution in [2.24, 2.45) is 5.92 Å². The molecule has 0 unspecified atom stereocenters. The molecule has 0 bridgehead atoms. The van der Waals surface area contributed by atoms with E-state index in [1.54, 1.807) is 11.2 Å². The van der Waals surface area contributed by atoms with Gasteiger partial charge in [0.15, 0.2) is 11.6 Å². The van der Waals surface area contributed by atoms with E-state index in [1.165, 1.54) is 5.56 Å². The minimum atomic E-state index is -0.253. The molecule has 0 saturated carbocycles. The van der Waals surface area contributed by atoms with E-state index >= 15 is 0 Å². The molecule has 3 heterocycles. The molecule has 2 saturated heterocycles. The number of hydrogen-bond donors (Lipinski definition) is 1. The summed E-state index contributed by atoms with van der Waals surface area (Å²) in [6.45, 7) is 6.68. The molecule has 0 radical (unpaired) electrons. The molecule has 2 aliphatic heterocycles. The van der Waals surface area contributed by atoms with Crippen LogP contribution in [0, 0.1) is 5.92 Å². The number of hydrogen-bond acceptors (Lipinski definition) is 7. The van der Waals surface area contributed by atoms with E-state index in [9.17, 15) is 4.79 Å². The van der Waals surface area contributed by atoms with Gasteiger partial charge in [0.2, 0.25) is 0 Å². The van der Waals surface area contributed by atoms with E-state index in [2.05, 4.69) is 50.1 Å². The number of ether oxygens (including phenoxy) is 1. The summed E-state index contributed by atoms with van der Waals surface area (Å²) in [4.78, 5) is 27.1. The number of benzene rings is 1. The van der Waals surface area contributed by atoms with Crippen molar-refractivity contribution < 1.29 is 9.53 Å². The van der Waals surface area contributed by atoms with Gasteiger partial charge >= 0.3 is 6.09 Å². The first-order valence-corrected chi connectivity index (χ1v) is 11.2. The Bertz CT molecular complexity index is 862. The van der Waals surface area contributed by atoms with Gasteiger partial charge in [-0.25, -0.2) is 14.8 Å². The van der Waals surface area contributed by atoms with Crippen LogP contribution in [-0.4, -0.2) is 66.8 Å². The van der Waals surface area contributed by atoms with E-state index in [-0.39, 0.29) is 6.09 Å². The first-order chi connectivity index (χ1) is 15.2. The van der Waals surface area contributed by atoms with E-state index < -0.39 is 0 Å². The first kappa shape index (κ1) is 21.2. The van der Waals surface area contributed by atoms with Crippen molar-refractivity contribution in [1.82, 2.24) is 14.9 Å². The minimum absolute atomic E-state index is 0.253. The minimum Gasteiger partial charge on any atom is -0.450 e. The molecule has 31 heavy (non-hydrogen) atoms. The molecule has 1 aromatic heterocycles. The van der Waals surface area contributed by atoms with Gasteiger partial charge in [-0.15, -0.1) is 0 Å². The summed E-state index contributed by atoms with van der Waals surface area (Å²) in [5.74, 6) is 2.29. The van der Waals surface area contributed by atoms with Gasteiger partial charge in [-0.05, 0) is 37.7 Å². The van der Waals surface area contributed by atoms with Crippen LogP contribution < -0.4 is 15.5 Å². The number of piperidine rings is 1. The zero-order valence-electron chi connectivity index (χ0n) is 18.2. The third-order valence-corrected chi connectivity index (χ3v) is 6.23. The number of piperazine rings is 1. The lowest BCUT2D eigenvalue weighted by molar-refractivity contribution is 0.105. The van der Waals surface area contributed by atoms with Crippen LogP contribution in [0.15, 0.2) is 36.7 Å².